The molecule has 5 nitrogen and oxygen atoms in total. The highest BCUT2D eigenvalue weighted by Crippen LogP contribution is 2.28. The number of aryl methyl sites for hydroxylation is 2. The van der Waals surface area contributed by atoms with Gasteiger partial charge in [0.05, 0.1) is 13.2 Å². The average molecular weight is 490 g/mol. The standard InChI is InChI=1S/C26H34ClNO4.C2H6/c1-5-6-15-31-24-17-20(2)26(21(3)18-24)32-16-9-7-8-14-30-19-25(28-29-4)22-10-12-23(27)13-11-22;1-2/h5-6,10-13,17-18H,7-9,14-16,19H2,1-4H3;1-2H3/b6-5+,28-25+;. The molecule has 6 heteroatoms. The molecule has 2 rings (SSSR count). The van der Waals surface area contributed by atoms with Gasteiger partial charge in [-0.05, 0) is 75.4 Å². The van der Waals surface area contributed by atoms with Crippen molar-refractivity contribution in [2.75, 3.05) is 33.5 Å². The van der Waals surface area contributed by atoms with E-state index in [0.717, 1.165) is 53.2 Å². The summed E-state index contributed by atoms with van der Waals surface area (Å²) in [7, 11) is 1.53. The smallest absolute Gasteiger partial charge is 0.125 e. The molecule has 0 aliphatic rings. The first-order valence-electron chi connectivity index (χ1n) is 12.0. The van der Waals surface area contributed by atoms with E-state index in [1.165, 1.54) is 7.11 Å². The number of benzene rings is 2. The quantitative estimate of drug-likeness (QED) is 0.119. The number of hydrogen-bond donors (Lipinski definition) is 0. The predicted octanol–water partition coefficient (Wildman–Crippen LogP) is 7.55. The largest absolute Gasteiger partial charge is 0.493 e. The Labute approximate surface area is 210 Å². The molecule has 0 aliphatic heterocycles. The molecule has 0 bridgehead atoms. The number of rotatable bonds is 14. The minimum atomic E-state index is 0.396. The highest BCUT2D eigenvalue weighted by molar-refractivity contribution is 6.30. The van der Waals surface area contributed by atoms with Gasteiger partial charge in [-0.3, -0.25) is 0 Å². The van der Waals surface area contributed by atoms with E-state index < -0.39 is 0 Å². The van der Waals surface area contributed by atoms with Crippen molar-refractivity contribution in [1.82, 2.24) is 0 Å². The van der Waals surface area contributed by atoms with E-state index in [1.807, 2.05) is 69.3 Å². The van der Waals surface area contributed by atoms with E-state index in [-0.39, 0.29) is 0 Å². The van der Waals surface area contributed by atoms with Gasteiger partial charge in [-0.1, -0.05) is 54.9 Å². The van der Waals surface area contributed by atoms with Gasteiger partial charge in [-0.15, -0.1) is 0 Å². The molecule has 0 atom stereocenters. The van der Waals surface area contributed by atoms with Crippen molar-refractivity contribution in [1.29, 1.82) is 0 Å². The van der Waals surface area contributed by atoms with E-state index in [9.17, 15) is 0 Å². The molecule has 0 saturated heterocycles. The van der Waals surface area contributed by atoms with Crippen LogP contribution in [0.4, 0.5) is 0 Å². The Kier molecular flexibility index (Phi) is 15.6. The number of unbranched alkanes of at least 4 members (excludes halogenated alkanes) is 2. The first-order chi connectivity index (χ1) is 16.5. The molecule has 188 valence electrons. The highest BCUT2D eigenvalue weighted by atomic mass is 35.5. The van der Waals surface area contributed by atoms with Gasteiger partial charge >= 0.3 is 0 Å². The zero-order chi connectivity index (χ0) is 25.2. The predicted molar refractivity (Wildman–Crippen MR) is 143 cm³/mol. The second kappa shape index (κ2) is 17.9. The Balaban J connectivity index is 0.00000281. The van der Waals surface area contributed by atoms with E-state index in [4.69, 9.17) is 30.6 Å². The lowest BCUT2D eigenvalue weighted by atomic mass is 10.1. The molecule has 0 unspecified atom stereocenters. The lowest BCUT2D eigenvalue weighted by Crippen LogP contribution is -2.12. The van der Waals surface area contributed by atoms with Gasteiger partial charge in [-0.2, -0.15) is 0 Å². The Bertz CT molecular complexity index is 855. The van der Waals surface area contributed by atoms with Gasteiger partial charge in [0.2, 0.25) is 0 Å². The van der Waals surface area contributed by atoms with Gasteiger partial charge in [0.1, 0.15) is 30.9 Å². The molecular formula is C28H40ClNO4. The van der Waals surface area contributed by atoms with Crippen molar-refractivity contribution < 1.29 is 19.0 Å². The number of oxime groups is 1. The number of ether oxygens (including phenoxy) is 3. The van der Waals surface area contributed by atoms with Crippen LogP contribution < -0.4 is 9.47 Å². The second-order valence-corrected chi connectivity index (χ2v) is 7.89. The summed E-state index contributed by atoms with van der Waals surface area (Å²) in [6.07, 6.45) is 6.92. The summed E-state index contributed by atoms with van der Waals surface area (Å²) >= 11 is 5.95. The zero-order valence-electron chi connectivity index (χ0n) is 21.5. The molecule has 2 aromatic carbocycles. The van der Waals surface area contributed by atoms with Crippen LogP contribution in [-0.2, 0) is 9.57 Å². The number of nitrogens with zero attached hydrogens (tertiary/aromatic N) is 1. The van der Waals surface area contributed by atoms with Crippen molar-refractivity contribution in [3.8, 4) is 11.5 Å². The molecule has 0 radical (unpaired) electrons. The normalized spacial score (nSPS) is 11.2. The minimum absolute atomic E-state index is 0.396. The van der Waals surface area contributed by atoms with E-state index in [1.54, 1.807) is 0 Å². The third kappa shape index (κ3) is 11.1. The molecule has 0 amide bonds. The maximum Gasteiger partial charge on any atom is 0.125 e. The molecule has 0 heterocycles. The van der Waals surface area contributed by atoms with Gasteiger partial charge < -0.3 is 19.0 Å². The summed E-state index contributed by atoms with van der Waals surface area (Å²) < 4.78 is 17.6. The summed E-state index contributed by atoms with van der Waals surface area (Å²) in [5.41, 5.74) is 3.87. The van der Waals surface area contributed by atoms with Crippen LogP contribution in [-0.4, -0.2) is 39.2 Å². The van der Waals surface area contributed by atoms with E-state index in [0.29, 0.717) is 31.5 Å². The molecular weight excluding hydrogens is 450 g/mol. The lowest BCUT2D eigenvalue weighted by Gasteiger charge is -2.14. The van der Waals surface area contributed by atoms with Crippen LogP contribution in [0, 0.1) is 13.8 Å². The highest BCUT2D eigenvalue weighted by Gasteiger charge is 2.08. The number of halogens is 1. The Morgan fingerprint density at radius 1 is 0.941 bits per heavy atom. The second-order valence-electron chi connectivity index (χ2n) is 7.46. The maximum atomic E-state index is 6.04. The zero-order valence-corrected chi connectivity index (χ0v) is 22.3. The minimum Gasteiger partial charge on any atom is -0.493 e. The van der Waals surface area contributed by atoms with Crippen LogP contribution in [0.15, 0.2) is 53.7 Å². The van der Waals surface area contributed by atoms with Crippen molar-refractivity contribution in [3.05, 3.63) is 70.3 Å². The van der Waals surface area contributed by atoms with Crippen LogP contribution in [0.25, 0.3) is 0 Å². The van der Waals surface area contributed by atoms with E-state index in [2.05, 4.69) is 19.0 Å². The van der Waals surface area contributed by atoms with Crippen molar-refractivity contribution in [2.24, 2.45) is 5.16 Å². The molecule has 0 saturated carbocycles. The fraction of sp³-hybridized carbons (Fsp3) is 0.464. The molecule has 34 heavy (non-hydrogen) atoms. The molecule has 2 aromatic rings. The average Bonchev–Trinajstić information content (AvgIpc) is 2.83. The third-order valence-corrected chi connectivity index (χ3v) is 5.06. The van der Waals surface area contributed by atoms with Gasteiger partial charge in [0.25, 0.3) is 0 Å². The summed E-state index contributed by atoms with van der Waals surface area (Å²) in [6, 6.07) is 11.5. The fourth-order valence-corrected chi connectivity index (χ4v) is 3.33. The van der Waals surface area contributed by atoms with Crippen LogP contribution in [0.1, 0.15) is 56.7 Å². The number of allylic oxidation sites excluding steroid dienone is 1. The topological polar surface area (TPSA) is 49.3 Å². The molecule has 0 fully saturated rings. The Hall–Kier alpha value is -2.50. The van der Waals surface area contributed by atoms with Crippen LogP contribution in [0.2, 0.25) is 5.02 Å². The lowest BCUT2D eigenvalue weighted by molar-refractivity contribution is 0.157. The molecule has 0 N–H and O–H groups in total. The number of hydrogen-bond acceptors (Lipinski definition) is 5. The SMILES string of the molecule is C/C=C/COc1cc(C)c(OCCCCCOC/C(=N\OC)c2ccc(Cl)cc2)c(C)c1.CC. The van der Waals surface area contributed by atoms with Crippen molar-refractivity contribution in [3.63, 3.8) is 0 Å². The fourth-order valence-electron chi connectivity index (χ4n) is 3.20. The summed E-state index contributed by atoms with van der Waals surface area (Å²) in [6.45, 7) is 12.4. The first kappa shape index (κ1) is 29.5. The van der Waals surface area contributed by atoms with Gasteiger partial charge in [0, 0.05) is 17.2 Å². The first-order valence-corrected chi connectivity index (χ1v) is 12.3. The Morgan fingerprint density at radius 3 is 2.21 bits per heavy atom. The van der Waals surface area contributed by atoms with Crippen LogP contribution in [0.5, 0.6) is 11.5 Å². The third-order valence-electron chi connectivity index (χ3n) is 4.81. The molecule has 0 aromatic heterocycles. The molecule has 0 spiro atoms. The summed E-state index contributed by atoms with van der Waals surface area (Å²) in [5, 5.41) is 4.75. The Morgan fingerprint density at radius 2 is 1.59 bits per heavy atom. The van der Waals surface area contributed by atoms with Gasteiger partial charge in [-0.25, -0.2) is 0 Å². The maximum absolute atomic E-state index is 6.04. The van der Waals surface area contributed by atoms with Crippen molar-refractivity contribution >= 4 is 17.3 Å². The monoisotopic (exact) mass is 489 g/mol. The molecule has 0 aliphatic carbocycles. The van der Waals surface area contributed by atoms with Crippen LogP contribution >= 0.6 is 11.6 Å². The summed E-state index contributed by atoms with van der Waals surface area (Å²) in [4.78, 5) is 4.94. The van der Waals surface area contributed by atoms with E-state index >= 15 is 0 Å². The van der Waals surface area contributed by atoms with Crippen molar-refractivity contribution in [2.45, 2.75) is 53.9 Å². The van der Waals surface area contributed by atoms with Crippen LogP contribution in [0.3, 0.4) is 0 Å². The van der Waals surface area contributed by atoms with Gasteiger partial charge in [0.15, 0.2) is 0 Å². The summed E-state index contributed by atoms with van der Waals surface area (Å²) in [5.74, 6) is 1.82.